The zero-order chi connectivity index (χ0) is 21.5. The number of benzene rings is 1. The predicted octanol–water partition coefficient (Wildman–Crippen LogP) is 6.02. The molecule has 1 heterocycles. The van der Waals surface area contributed by atoms with E-state index in [9.17, 15) is 9.59 Å². The lowest BCUT2D eigenvalue weighted by atomic mass is 9.80. The van der Waals surface area contributed by atoms with Crippen molar-refractivity contribution in [3.8, 4) is 0 Å². The van der Waals surface area contributed by atoms with Gasteiger partial charge in [-0.05, 0) is 67.1 Å². The molecule has 1 aromatic heterocycles. The molecule has 2 aromatic rings. The van der Waals surface area contributed by atoms with Gasteiger partial charge in [0.05, 0.1) is 0 Å². The van der Waals surface area contributed by atoms with Gasteiger partial charge in [-0.15, -0.1) is 0 Å². The van der Waals surface area contributed by atoms with Crippen LogP contribution in [-0.2, 0) is 16.6 Å². The second-order valence-electron chi connectivity index (χ2n) is 10.0. The van der Waals surface area contributed by atoms with Crippen molar-refractivity contribution in [2.24, 2.45) is 0 Å². The van der Waals surface area contributed by atoms with Gasteiger partial charge in [-0.25, -0.2) is 4.79 Å². The van der Waals surface area contributed by atoms with Crippen LogP contribution in [0.4, 0.5) is 0 Å². The van der Waals surface area contributed by atoms with Gasteiger partial charge in [0.15, 0.2) is 5.78 Å². The zero-order valence-corrected chi connectivity index (χ0v) is 18.6. The van der Waals surface area contributed by atoms with Crippen LogP contribution in [0.1, 0.15) is 108 Å². The Bertz CT molecular complexity index is 940. The van der Waals surface area contributed by atoms with Crippen molar-refractivity contribution in [3.63, 3.8) is 0 Å². The van der Waals surface area contributed by atoms with E-state index in [-0.39, 0.29) is 29.2 Å². The molecule has 0 unspecified atom stereocenters. The number of carbonyl (C=O) groups is 2. The van der Waals surface area contributed by atoms with Crippen LogP contribution in [0.5, 0.6) is 0 Å². The smallest absolute Gasteiger partial charge is 0.355 e. The second kappa shape index (κ2) is 8.05. The Labute approximate surface area is 179 Å². The quantitative estimate of drug-likeness (QED) is 0.633. The summed E-state index contributed by atoms with van der Waals surface area (Å²) in [6.45, 7) is 8.47. The Kier molecular flexibility index (Phi) is 5.61. The average Bonchev–Trinajstić information content (AvgIpc) is 3.05. The highest BCUT2D eigenvalue weighted by atomic mass is 16.5. The number of hydrogen-bond acceptors (Lipinski definition) is 3. The van der Waals surface area contributed by atoms with Crippen LogP contribution in [-0.4, -0.2) is 22.8 Å². The molecule has 1 N–H and O–H groups in total. The largest absolute Gasteiger partial charge is 0.458 e. The summed E-state index contributed by atoms with van der Waals surface area (Å²) in [7, 11) is 0. The Morgan fingerprint density at radius 3 is 2.33 bits per heavy atom. The lowest BCUT2D eigenvalue weighted by Gasteiger charge is -2.24. The van der Waals surface area contributed by atoms with Crippen LogP contribution in [0.2, 0.25) is 0 Å². The second-order valence-corrected chi connectivity index (χ2v) is 10.0. The highest BCUT2D eigenvalue weighted by molar-refractivity contribution is 6.03. The monoisotopic (exact) mass is 407 g/mol. The first-order valence-corrected chi connectivity index (χ1v) is 11.3. The molecule has 0 amide bonds. The summed E-state index contributed by atoms with van der Waals surface area (Å²) in [4.78, 5) is 29.0. The van der Waals surface area contributed by atoms with Crippen LogP contribution in [0.3, 0.4) is 0 Å². The van der Waals surface area contributed by atoms with E-state index >= 15 is 0 Å². The first-order chi connectivity index (χ1) is 14.2. The molecule has 2 aliphatic rings. The molecule has 1 aromatic carbocycles. The number of ether oxygens (including phenoxy) is 1. The molecule has 160 valence electrons. The summed E-state index contributed by atoms with van der Waals surface area (Å²) < 4.78 is 5.75. The van der Waals surface area contributed by atoms with E-state index in [0.717, 1.165) is 43.4 Å². The van der Waals surface area contributed by atoms with Crippen molar-refractivity contribution in [3.05, 3.63) is 57.9 Å². The maximum absolute atomic E-state index is 13.0. The molecule has 4 nitrogen and oxygen atoms in total. The normalized spacial score (nSPS) is 20.1. The Morgan fingerprint density at radius 1 is 1.03 bits per heavy atom. The van der Waals surface area contributed by atoms with E-state index in [1.165, 1.54) is 17.5 Å². The van der Waals surface area contributed by atoms with Gasteiger partial charge in [-0.3, -0.25) is 4.79 Å². The van der Waals surface area contributed by atoms with Crippen LogP contribution in [0, 0.1) is 6.92 Å². The molecule has 0 radical (unpaired) electrons. The van der Waals surface area contributed by atoms with Crippen molar-refractivity contribution in [2.45, 2.75) is 90.1 Å². The first-order valence-electron chi connectivity index (χ1n) is 11.3. The third kappa shape index (κ3) is 4.10. The van der Waals surface area contributed by atoms with Crippen molar-refractivity contribution in [2.75, 3.05) is 0 Å². The van der Waals surface area contributed by atoms with Crippen LogP contribution in [0.25, 0.3) is 0 Å². The summed E-state index contributed by atoms with van der Waals surface area (Å²) in [6, 6.07) is 8.64. The SMILES string of the molecule is Cc1c(C(=O)OC2CCCCC2)[nH]c2c1C(=O)C[C@H](c1ccc(C(C)(C)C)cc1)C2. The molecular formula is C26H33NO3. The van der Waals surface area contributed by atoms with Crippen LogP contribution < -0.4 is 0 Å². The topological polar surface area (TPSA) is 59.2 Å². The fourth-order valence-electron chi connectivity index (χ4n) is 4.92. The number of carbonyl (C=O) groups excluding carboxylic acids is 2. The number of nitrogens with one attached hydrogen (secondary N) is 1. The number of aromatic amines is 1. The average molecular weight is 408 g/mol. The Morgan fingerprint density at radius 2 is 1.70 bits per heavy atom. The molecule has 2 aliphatic carbocycles. The van der Waals surface area contributed by atoms with Gasteiger partial charge in [0, 0.05) is 17.7 Å². The number of H-pyrrole nitrogens is 1. The standard InChI is InChI=1S/C26H33NO3/c1-16-23-21(27-24(16)25(29)30-20-8-6-5-7-9-20)14-18(15-22(23)28)17-10-12-19(13-11-17)26(2,3)4/h10-13,18,20,27H,5-9,14-15H2,1-4H3/t18-/m1/s1. The number of esters is 1. The van der Waals surface area contributed by atoms with Crippen molar-refractivity contribution < 1.29 is 14.3 Å². The third-order valence-electron chi connectivity index (χ3n) is 6.77. The molecule has 4 heteroatoms. The predicted molar refractivity (Wildman–Crippen MR) is 118 cm³/mol. The minimum absolute atomic E-state index is 0.00996. The van der Waals surface area contributed by atoms with Crippen LogP contribution >= 0.6 is 0 Å². The van der Waals surface area contributed by atoms with Gasteiger partial charge in [-0.1, -0.05) is 51.5 Å². The Balaban J connectivity index is 1.54. The van der Waals surface area contributed by atoms with Crippen molar-refractivity contribution in [1.82, 2.24) is 4.98 Å². The highest BCUT2D eigenvalue weighted by Crippen LogP contribution is 2.36. The molecule has 0 aliphatic heterocycles. The third-order valence-corrected chi connectivity index (χ3v) is 6.77. The fourth-order valence-corrected chi connectivity index (χ4v) is 4.92. The Hall–Kier alpha value is -2.36. The first kappa shape index (κ1) is 20.9. The van der Waals surface area contributed by atoms with Gasteiger partial charge >= 0.3 is 5.97 Å². The van der Waals surface area contributed by atoms with Gasteiger partial charge in [0.25, 0.3) is 0 Å². The number of rotatable bonds is 3. The highest BCUT2D eigenvalue weighted by Gasteiger charge is 2.33. The molecule has 0 saturated heterocycles. The zero-order valence-electron chi connectivity index (χ0n) is 18.6. The van der Waals surface area contributed by atoms with E-state index < -0.39 is 0 Å². The van der Waals surface area contributed by atoms with Crippen LogP contribution in [0.15, 0.2) is 24.3 Å². The minimum Gasteiger partial charge on any atom is -0.458 e. The minimum atomic E-state index is -0.312. The summed E-state index contributed by atoms with van der Waals surface area (Å²) >= 11 is 0. The van der Waals surface area contributed by atoms with Gasteiger partial charge in [-0.2, -0.15) is 0 Å². The van der Waals surface area contributed by atoms with Crippen molar-refractivity contribution in [1.29, 1.82) is 0 Å². The maximum atomic E-state index is 13.0. The summed E-state index contributed by atoms with van der Waals surface area (Å²) in [6.07, 6.45) is 6.57. The van der Waals surface area contributed by atoms with Gasteiger partial charge < -0.3 is 9.72 Å². The molecular weight excluding hydrogens is 374 g/mol. The number of Topliss-reactive ketones (excluding diaryl/α,β-unsaturated/α-hetero) is 1. The van der Waals surface area contributed by atoms with E-state index in [1.807, 2.05) is 6.92 Å². The van der Waals surface area contributed by atoms with Gasteiger partial charge in [0.1, 0.15) is 11.8 Å². The summed E-state index contributed by atoms with van der Waals surface area (Å²) in [5.74, 6) is -0.0569. The molecule has 1 fully saturated rings. The molecule has 30 heavy (non-hydrogen) atoms. The molecule has 1 saturated carbocycles. The lowest BCUT2D eigenvalue weighted by Crippen LogP contribution is -2.21. The van der Waals surface area contributed by atoms with Gasteiger partial charge in [0.2, 0.25) is 0 Å². The fraction of sp³-hybridized carbons (Fsp3) is 0.538. The van der Waals surface area contributed by atoms with E-state index in [4.69, 9.17) is 4.74 Å². The molecule has 0 spiro atoms. The van der Waals surface area contributed by atoms with Crippen molar-refractivity contribution >= 4 is 11.8 Å². The molecule has 0 bridgehead atoms. The summed E-state index contributed by atoms with van der Waals surface area (Å²) in [5, 5.41) is 0. The summed E-state index contributed by atoms with van der Waals surface area (Å²) in [5.41, 5.74) is 5.37. The van der Waals surface area contributed by atoms with E-state index in [2.05, 4.69) is 50.0 Å². The maximum Gasteiger partial charge on any atom is 0.355 e. The number of aromatic nitrogens is 1. The number of fused-ring (bicyclic) bond motifs is 1. The van der Waals surface area contributed by atoms with E-state index in [0.29, 0.717) is 17.7 Å². The lowest BCUT2D eigenvalue weighted by molar-refractivity contribution is 0.0204. The number of ketones is 1. The van der Waals surface area contributed by atoms with E-state index in [1.54, 1.807) is 0 Å². The molecule has 1 atom stereocenters. The number of hydrogen-bond donors (Lipinski definition) is 1. The molecule has 4 rings (SSSR count).